The maximum Gasteiger partial charge on any atom is 0.255 e. The number of rotatable bonds is 7. The molecule has 164 valence electrons. The van der Waals surface area contributed by atoms with Crippen molar-refractivity contribution in [2.24, 2.45) is 0 Å². The zero-order valence-electron chi connectivity index (χ0n) is 18.3. The van der Waals surface area contributed by atoms with Gasteiger partial charge in [-0.25, -0.2) is 4.68 Å². The van der Waals surface area contributed by atoms with Gasteiger partial charge in [0.1, 0.15) is 11.5 Å². The molecule has 0 aliphatic rings. The number of nitrogens with one attached hydrogen (secondary N) is 1. The van der Waals surface area contributed by atoms with Gasteiger partial charge in [-0.15, -0.1) is 10.2 Å². The fourth-order valence-electron chi connectivity index (χ4n) is 3.81. The molecule has 0 aliphatic heterocycles. The summed E-state index contributed by atoms with van der Waals surface area (Å²) in [5.74, 6) is 0.641. The Balaban J connectivity index is 1.40. The number of carbonyl (C=O) groups excluding carboxylic acids is 1. The molecule has 0 spiro atoms. The van der Waals surface area contributed by atoms with E-state index in [9.17, 15) is 4.79 Å². The lowest BCUT2D eigenvalue weighted by atomic mass is 10.0. The maximum absolute atomic E-state index is 13.2. The molecular formula is C26H24N6O. The van der Waals surface area contributed by atoms with Crippen LogP contribution in [0.15, 0.2) is 85.2 Å². The Labute approximate surface area is 191 Å². The van der Waals surface area contributed by atoms with Crippen LogP contribution in [0.3, 0.4) is 0 Å². The number of amides is 1. The molecule has 7 nitrogen and oxygen atoms in total. The molecule has 3 aromatic heterocycles. The van der Waals surface area contributed by atoms with Crippen molar-refractivity contribution in [1.82, 2.24) is 29.7 Å². The van der Waals surface area contributed by atoms with Gasteiger partial charge in [0, 0.05) is 30.9 Å². The minimum absolute atomic E-state index is 0.166. The first-order valence-electron chi connectivity index (χ1n) is 11.0. The van der Waals surface area contributed by atoms with Gasteiger partial charge < -0.3 is 5.32 Å². The van der Waals surface area contributed by atoms with Crippen molar-refractivity contribution < 1.29 is 4.79 Å². The van der Waals surface area contributed by atoms with Crippen molar-refractivity contribution in [3.63, 3.8) is 0 Å². The van der Waals surface area contributed by atoms with E-state index >= 15 is 0 Å². The largest absolute Gasteiger partial charge is 0.351 e. The lowest BCUT2D eigenvalue weighted by Crippen LogP contribution is -2.26. The number of aryl methyl sites for hydroxylation is 1. The molecule has 5 aromatic rings. The standard InChI is InChI=1S/C26H24N6O/c1-2-19-11-13-20(14-12-19)25-22(18-32(30-25)21-8-4-3-5-9-21)26(33)27-16-15-24-29-28-23-10-6-7-17-31(23)24/h3-14,17-18H,2,15-16H2,1H3,(H,27,33). The van der Waals surface area contributed by atoms with E-state index in [-0.39, 0.29) is 5.91 Å². The van der Waals surface area contributed by atoms with Crippen LogP contribution >= 0.6 is 0 Å². The summed E-state index contributed by atoms with van der Waals surface area (Å²) in [6.45, 7) is 2.57. The molecule has 1 N–H and O–H groups in total. The van der Waals surface area contributed by atoms with Gasteiger partial charge in [-0.2, -0.15) is 5.10 Å². The average Bonchev–Trinajstić information content (AvgIpc) is 3.50. The summed E-state index contributed by atoms with van der Waals surface area (Å²) in [6, 6.07) is 23.8. The van der Waals surface area contributed by atoms with Crippen LogP contribution in [0.5, 0.6) is 0 Å². The third-order valence-corrected chi connectivity index (χ3v) is 5.63. The van der Waals surface area contributed by atoms with E-state index in [2.05, 4.69) is 34.6 Å². The molecule has 7 heteroatoms. The number of pyridine rings is 1. The number of nitrogens with zero attached hydrogens (tertiary/aromatic N) is 5. The summed E-state index contributed by atoms with van der Waals surface area (Å²) in [5.41, 5.74) is 5.04. The Kier molecular flexibility index (Phi) is 5.68. The molecule has 0 bridgehead atoms. The zero-order valence-corrected chi connectivity index (χ0v) is 18.3. The summed E-state index contributed by atoms with van der Waals surface area (Å²) in [6.07, 6.45) is 5.25. The number of para-hydroxylation sites is 1. The van der Waals surface area contributed by atoms with Crippen LogP contribution < -0.4 is 5.32 Å². The normalized spacial score (nSPS) is 11.1. The van der Waals surface area contributed by atoms with Crippen molar-refractivity contribution in [3.8, 4) is 16.9 Å². The smallest absolute Gasteiger partial charge is 0.255 e. The highest BCUT2D eigenvalue weighted by Gasteiger charge is 2.19. The topological polar surface area (TPSA) is 77.1 Å². The van der Waals surface area contributed by atoms with Crippen molar-refractivity contribution in [1.29, 1.82) is 0 Å². The van der Waals surface area contributed by atoms with E-state index in [4.69, 9.17) is 5.10 Å². The molecule has 5 rings (SSSR count). The van der Waals surface area contributed by atoms with E-state index in [1.165, 1.54) is 5.56 Å². The molecule has 3 heterocycles. The average molecular weight is 437 g/mol. The van der Waals surface area contributed by atoms with Gasteiger partial charge in [-0.05, 0) is 36.2 Å². The second-order valence-corrected chi connectivity index (χ2v) is 7.77. The minimum Gasteiger partial charge on any atom is -0.351 e. The molecule has 0 unspecified atom stereocenters. The van der Waals surface area contributed by atoms with Gasteiger partial charge >= 0.3 is 0 Å². The van der Waals surface area contributed by atoms with Crippen LogP contribution in [0.25, 0.3) is 22.6 Å². The van der Waals surface area contributed by atoms with Crippen LogP contribution in [0.2, 0.25) is 0 Å². The third kappa shape index (κ3) is 4.25. The molecule has 1 amide bonds. The van der Waals surface area contributed by atoms with Crippen molar-refractivity contribution in [3.05, 3.63) is 102 Å². The second kappa shape index (κ2) is 9.08. The number of carbonyl (C=O) groups is 1. The maximum atomic E-state index is 13.2. The molecule has 0 atom stereocenters. The van der Waals surface area contributed by atoms with Crippen molar-refractivity contribution in [2.45, 2.75) is 19.8 Å². The second-order valence-electron chi connectivity index (χ2n) is 7.77. The van der Waals surface area contributed by atoms with Crippen molar-refractivity contribution >= 4 is 11.6 Å². The van der Waals surface area contributed by atoms with Crippen LogP contribution in [0.4, 0.5) is 0 Å². The van der Waals surface area contributed by atoms with Crippen LogP contribution in [-0.4, -0.2) is 36.8 Å². The monoisotopic (exact) mass is 436 g/mol. The Morgan fingerprint density at radius 2 is 1.73 bits per heavy atom. The Morgan fingerprint density at radius 1 is 0.939 bits per heavy atom. The number of hydrogen-bond acceptors (Lipinski definition) is 4. The third-order valence-electron chi connectivity index (χ3n) is 5.63. The first-order valence-corrected chi connectivity index (χ1v) is 11.0. The van der Waals surface area contributed by atoms with Crippen LogP contribution in [0, 0.1) is 0 Å². The number of fused-ring (bicyclic) bond motifs is 1. The van der Waals surface area contributed by atoms with E-state index in [1.807, 2.05) is 71.3 Å². The minimum atomic E-state index is -0.166. The first kappa shape index (κ1) is 20.6. The van der Waals surface area contributed by atoms with Gasteiger partial charge in [0.25, 0.3) is 5.91 Å². The Bertz CT molecular complexity index is 1390. The van der Waals surface area contributed by atoms with Crippen LogP contribution in [0.1, 0.15) is 28.7 Å². The fraction of sp³-hybridized carbons (Fsp3) is 0.154. The summed E-state index contributed by atoms with van der Waals surface area (Å²) >= 11 is 0. The summed E-state index contributed by atoms with van der Waals surface area (Å²) < 4.78 is 3.68. The molecule has 2 aromatic carbocycles. The van der Waals surface area contributed by atoms with Gasteiger partial charge in [-0.1, -0.05) is 55.5 Å². The summed E-state index contributed by atoms with van der Waals surface area (Å²) in [7, 11) is 0. The first-order chi connectivity index (χ1) is 16.2. The SMILES string of the molecule is CCc1ccc(-c2nn(-c3ccccc3)cc2C(=O)NCCc2nnc3ccccn23)cc1. The molecule has 0 fully saturated rings. The molecule has 0 saturated heterocycles. The van der Waals surface area contributed by atoms with Gasteiger partial charge in [-0.3, -0.25) is 9.20 Å². The van der Waals surface area contributed by atoms with Gasteiger partial charge in [0.15, 0.2) is 5.65 Å². The van der Waals surface area contributed by atoms with E-state index < -0.39 is 0 Å². The quantitative estimate of drug-likeness (QED) is 0.416. The lowest BCUT2D eigenvalue weighted by Gasteiger charge is -2.06. The molecule has 0 aliphatic carbocycles. The molecule has 0 radical (unpaired) electrons. The predicted octanol–water partition coefficient (Wildman–Crippen LogP) is 4.12. The van der Waals surface area contributed by atoms with Gasteiger partial charge in [0.05, 0.1) is 11.3 Å². The van der Waals surface area contributed by atoms with Gasteiger partial charge in [0.2, 0.25) is 0 Å². The lowest BCUT2D eigenvalue weighted by molar-refractivity contribution is 0.0954. The Morgan fingerprint density at radius 3 is 2.52 bits per heavy atom. The Hall–Kier alpha value is -4.26. The van der Waals surface area contributed by atoms with Crippen molar-refractivity contribution in [2.75, 3.05) is 6.54 Å². The fourth-order valence-corrected chi connectivity index (χ4v) is 3.81. The zero-order chi connectivity index (χ0) is 22.6. The highest BCUT2D eigenvalue weighted by atomic mass is 16.1. The van der Waals surface area contributed by atoms with E-state index in [1.54, 1.807) is 10.9 Å². The predicted molar refractivity (Wildman–Crippen MR) is 127 cm³/mol. The number of aromatic nitrogens is 5. The highest BCUT2D eigenvalue weighted by molar-refractivity contribution is 5.99. The summed E-state index contributed by atoms with van der Waals surface area (Å²) in [5, 5.41) is 16.2. The molecular weight excluding hydrogens is 412 g/mol. The number of benzene rings is 2. The van der Waals surface area contributed by atoms with E-state index in [0.29, 0.717) is 24.2 Å². The summed E-state index contributed by atoms with van der Waals surface area (Å²) in [4.78, 5) is 13.2. The van der Waals surface area contributed by atoms with E-state index in [0.717, 1.165) is 29.1 Å². The molecule has 0 saturated carbocycles. The molecule has 33 heavy (non-hydrogen) atoms. The highest BCUT2D eigenvalue weighted by Crippen LogP contribution is 2.24. The van der Waals surface area contributed by atoms with Crippen LogP contribution in [-0.2, 0) is 12.8 Å². The number of hydrogen-bond donors (Lipinski definition) is 1.